The molecule has 1 amide bonds. The van der Waals surface area contributed by atoms with E-state index in [1.54, 1.807) is 0 Å². The topological polar surface area (TPSA) is 50.8 Å². The number of carbonyl (C=O) groups excluding carboxylic acids is 1. The Morgan fingerprint density at radius 3 is 2.79 bits per heavy atom. The summed E-state index contributed by atoms with van der Waals surface area (Å²) in [6.07, 6.45) is 9.02. The minimum absolute atomic E-state index is 0.148. The highest BCUT2D eigenvalue weighted by Gasteiger charge is 2.56. The average molecular weight is 338 g/mol. The van der Waals surface area contributed by atoms with Gasteiger partial charge in [-0.2, -0.15) is 0 Å². The van der Waals surface area contributed by atoms with Crippen LogP contribution in [-0.2, 0) is 14.3 Å². The van der Waals surface area contributed by atoms with Gasteiger partial charge < -0.3 is 14.8 Å². The van der Waals surface area contributed by atoms with Crippen molar-refractivity contribution in [2.75, 3.05) is 40.0 Å². The fraction of sp³-hybridized carbons (Fsp3) is 0.947. The third-order valence-electron chi connectivity index (χ3n) is 6.43. The maximum Gasteiger partial charge on any atom is 0.234 e. The smallest absolute Gasteiger partial charge is 0.234 e. The number of nitrogens with zero attached hydrogens (tertiary/aromatic N) is 1. The fourth-order valence-corrected chi connectivity index (χ4v) is 5.04. The van der Waals surface area contributed by atoms with Crippen molar-refractivity contribution in [3.63, 3.8) is 0 Å². The summed E-state index contributed by atoms with van der Waals surface area (Å²) in [5.41, 5.74) is 0.294. The van der Waals surface area contributed by atoms with Crippen LogP contribution in [0.15, 0.2) is 0 Å². The number of hydrogen-bond acceptors (Lipinski definition) is 4. The van der Waals surface area contributed by atoms with E-state index in [9.17, 15) is 4.79 Å². The van der Waals surface area contributed by atoms with Crippen LogP contribution >= 0.6 is 0 Å². The van der Waals surface area contributed by atoms with Gasteiger partial charge in [-0.1, -0.05) is 19.3 Å². The summed E-state index contributed by atoms with van der Waals surface area (Å²) in [4.78, 5) is 14.6. The first-order valence-electron chi connectivity index (χ1n) is 9.82. The van der Waals surface area contributed by atoms with Gasteiger partial charge in [-0.15, -0.1) is 0 Å². The molecule has 5 nitrogen and oxygen atoms in total. The Labute approximate surface area is 146 Å². The number of amides is 1. The molecule has 138 valence electrons. The molecular formula is C19H34N2O3. The second-order valence-corrected chi connectivity index (χ2v) is 7.94. The van der Waals surface area contributed by atoms with Crippen molar-refractivity contribution < 1.29 is 14.3 Å². The number of carbonyl (C=O) groups is 1. The van der Waals surface area contributed by atoms with Crippen LogP contribution < -0.4 is 5.32 Å². The van der Waals surface area contributed by atoms with Gasteiger partial charge in [0.25, 0.3) is 0 Å². The number of ether oxygens (including phenoxy) is 2. The molecule has 1 heterocycles. The van der Waals surface area contributed by atoms with E-state index < -0.39 is 0 Å². The third kappa shape index (κ3) is 3.78. The summed E-state index contributed by atoms with van der Waals surface area (Å²) >= 11 is 0. The predicted molar refractivity (Wildman–Crippen MR) is 93.9 cm³/mol. The number of rotatable bonds is 7. The molecule has 0 radical (unpaired) electrons. The van der Waals surface area contributed by atoms with Gasteiger partial charge in [-0.3, -0.25) is 9.69 Å². The van der Waals surface area contributed by atoms with Gasteiger partial charge in [-0.25, -0.2) is 0 Å². The lowest BCUT2D eigenvalue weighted by atomic mass is 9.54. The van der Waals surface area contributed by atoms with Crippen LogP contribution in [0.4, 0.5) is 0 Å². The second kappa shape index (κ2) is 8.15. The SMILES string of the molecule is CCO[C@@H]1C[C@H](N(C)CC(=O)NC[C@@H]2CCOC2)C12CCCCC2. The Bertz CT molecular complexity index is 417. The molecule has 1 aliphatic heterocycles. The molecule has 0 aromatic rings. The van der Waals surface area contributed by atoms with Crippen molar-refractivity contribution in [3.8, 4) is 0 Å². The van der Waals surface area contributed by atoms with Crippen LogP contribution in [-0.4, -0.2) is 62.9 Å². The van der Waals surface area contributed by atoms with Crippen molar-refractivity contribution in [2.24, 2.45) is 11.3 Å². The normalized spacial score (nSPS) is 32.0. The van der Waals surface area contributed by atoms with Gasteiger partial charge in [0.15, 0.2) is 0 Å². The highest BCUT2D eigenvalue weighted by Crippen LogP contribution is 2.55. The molecule has 3 atom stereocenters. The maximum atomic E-state index is 12.3. The van der Waals surface area contributed by atoms with Crippen LogP contribution in [0.2, 0.25) is 0 Å². The first-order chi connectivity index (χ1) is 11.7. The van der Waals surface area contributed by atoms with E-state index in [2.05, 4.69) is 24.2 Å². The lowest BCUT2D eigenvalue weighted by Crippen LogP contribution is -2.65. The Morgan fingerprint density at radius 1 is 1.33 bits per heavy atom. The van der Waals surface area contributed by atoms with Gasteiger partial charge in [0, 0.05) is 37.1 Å². The molecule has 1 saturated heterocycles. The molecule has 0 aromatic carbocycles. The predicted octanol–water partition coefficient (Wildman–Crippen LogP) is 2.20. The molecule has 2 aliphatic carbocycles. The summed E-state index contributed by atoms with van der Waals surface area (Å²) in [5, 5.41) is 3.09. The third-order valence-corrected chi connectivity index (χ3v) is 6.43. The molecule has 0 unspecified atom stereocenters. The van der Waals surface area contributed by atoms with Crippen LogP contribution in [0.25, 0.3) is 0 Å². The van der Waals surface area contributed by atoms with Crippen molar-refractivity contribution >= 4 is 5.91 Å². The quantitative estimate of drug-likeness (QED) is 0.773. The summed E-state index contributed by atoms with van der Waals surface area (Å²) in [6, 6.07) is 0.495. The van der Waals surface area contributed by atoms with Gasteiger partial charge in [0.2, 0.25) is 5.91 Å². The largest absolute Gasteiger partial charge is 0.381 e. The zero-order chi connectivity index (χ0) is 17.0. The van der Waals surface area contributed by atoms with Crippen LogP contribution in [0.5, 0.6) is 0 Å². The minimum Gasteiger partial charge on any atom is -0.381 e. The summed E-state index contributed by atoms with van der Waals surface area (Å²) in [5.74, 6) is 0.644. The van der Waals surface area contributed by atoms with Crippen molar-refractivity contribution in [3.05, 3.63) is 0 Å². The molecule has 3 fully saturated rings. The van der Waals surface area contributed by atoms with Gasteiger partial charge >= 0.3 is 0 Å². The highest BCUT2D eigenvalue weighted by molar-refractivity contribution is 5.78. The maximum absolute atomic E-state index is 12.3. The Balaban J connectivity index is 1.49. The van der Waals surface area contributed by atoms with E-state index >= 15 is 0 Å². The lowest BCUT2D eigenvalue weighted by molar-refractivity contribution is -0.179. The van der Waals surface area contributed by atoms with Crippen molar-refractivity contribution in [1.29, 1.82) is 0 Å². The second-order valence-electron chi connectivity index (χ2n) is 7.94. The molecule has 1 N–H and O–H groups in total. The standard InChI is InChI=1S/C19H34N2O3/c1-3-24-17-11-16(19(17)8-5-4-6-9-19)21(2)13-18(22)20-12-15-7-10-23-14-15/h15-17H,3-14H2,1-2H3,(H,20,22)/t15-,16-,17+/m0/s1. The lowest BCUT2D eigenvalue weighted by Gasteiger charge is -2.60. The summed E-state index contributed by atoms with van der Waals surface area (Å²) < 4.78 is 11.4. The van der Waals surface area contributed by atoms with Gasteiger partial charge in [-0.05, 0) is 39.7 Å². The van der Waals surface area contributed by atoms with Crippen LogP contribution in [0.1, 0.15) is 51.9 Å². The van der Waals surface area contributed by atoms with E-state index in [0.717, 1.165) is 39.2 Å². The monoisotopic (exact) mass is 338 g/mol. The Hall–Kier alpha value is -0.650. The zero-order valence-electron chi connectivity index (χ0n) is 15.4. The molecule has 0 bridgehead atoms. The average Bonchev–Trinajstić information content (AvgIpc) is 3.10. The highest BCUT2D eigenvalue weighted by atomic mass is 16.5. The molecule has 3 aliphatic rings. The number of likely N-dealkylation sites (N-methyl/N-ethyl adjacent to an activating group) is 1. The minimum atomic E-state index is 0.148. The molecule has 2 saturated carbocycles. The zero-order valence-corrected chi connectivity index (χ0v) is 15.4. The van der Waals surface area contributed by atoms with Crippen LogP contribution in [0.3, 0.4) is 0 Å². The molecule has 0 aromatic heterocycles. The van der Waals surface area contributed by atoms with E-state index in [0.29, 0.717) is 30.0 Å². The Kier molecular flexibility index (Phi) is 6.17. The molecule has 5 heteroatoms. The molecule has 1 spiro atoms. The van der Waals surface area contributed by atoms with E-state index in [4.69, 9.17) is 9.47 Å². The van der Waals surface area contributed by atoms with Crippen LogP contribution in [0, 0.1) is 11.3 Å². The summed E-state index contributed by atoms with van der Waals surface area (Å²) in [7, 11) is 2.11. The van der Waals surface area contributed by atoms with E-state index in [1.165, 1.54) is 32.1 Å². The fourth-order valence-electron chi connectivity index (χ4n) is 5.04. The molecular weight excluding hydrogens is 304 g/mol. The first kappa shape index (κ1) is 18.2. The summed E-state index contributed by atoms with van der Waals surface area (Å²) in [6.45, 7) is 5.77. The Morgan fingerprint density at radius 2 is 2.12 bits per heavy atom. The first-order valence-corrected chi connectivity index (χ1v) is 9.82. The van der Waals surface area contributed by atoms with Crippen molar-refractivity contribution in [1.82, 2.24) is 10.2 Å². The number of nitrogens with one attached hydrogen (secondary N) is 1. The number of hydrogen-bond donors (Lipinski definition) is 1. The van der Waals surface area contributed by atoms with E-state index in [1.807, 2.05) is 0 Å². The van der Waals surface area contributed by atoms with Gasteiger partial charge in [0.05, 0.1) is 19.3 Å². The van der Waals surface area contributed by atoms with E-state index in [-0.39, 0.29) is 5.91 Å². The molecule has 24 heavy (non-hydrogen) atoms. The van der Waals surface area contributed by atoms with Crippen molar-refractivity contribution in [2.45, 2.75) is 64.0 Å². The van der Waals surface area contributed by atoms with Gasteiger partial charge in [0.1, 0.15) is 0 Å². The molecule has 3 rings (SSSR count).